The van der Waals surface area contributed by atoms with E-state index in [0.717, 1.165) is 17.7 Å². The molecular formula is C14H22N2O2. The van der Waals surface area contributed by atoms with Crippen molar-refractivity contribution < 1.29 is 9.90 Å². The van der Waals surface area contributed by atoms with Gasteiger partial charge in [-0.25, -0.2) is 0 Å². The van der Waals surface area contributed by atoms with Crippen LogP contribution >= 0.6 is 0 Å². The fraction of sp³-hybridized carbons (Fsp3) is 0.500. The van der Waals surface area contributed by atoms with E-state index in [4.69, 9.17) is 5.11 Å². The van der Waals surface area contributed by atoms with Crippen LogP contribution in [0, 0.1) is 0 Å². The molecule has 1 aromatic carbocycles. The van der Waals surface area contributed by atoms with E-state index in [1.165, 1.54) is 0 Å². The van der Waals surface area contributed by atoms with E-state index in [1.54, 1.807) is 6.92 Å². The van der Waals surface area contributed by atoms with Crippen molar-refractivity contribution in [2.45, 2.75) is 25.9 Å². The lowest BCUT2D eigenvalue weighted by atomic mass is 10.1. The number of hydrogen-bond acceptors (Lipinski definition) is 3. The molecule has 1 amide bonds. The van der Waals surface area contributed by atoms with Crippen LogP contribution in [-0.2, 0) is 11.2 Å². The summed E-state index contributed by atoms with van der Waals surface area (Å²) in [4.78, 5) is 13.5. The highest BCUT2D eigenvalue weighted by atomic mass is 16.3. The number of aliphatic hydroxyl groups excluding tert-OH is 1. The van der Waals surface area contributed by atoms with Crippen LogP contribution in [-0.4, -0.2) is 37.8 Å². The summed E-state index contributed by atoms with van der Waals surface area (Å²) in [6, 6.07) is 8.17. The quantitative estimate of drug-likeness (QED) is 0.797. The highest BCUT2D eigenvalue weighted by Gasteiger charge is 2.04. The Hall–Kier alpha value is -1.55. The third-order valence-corrected chi connectivity index (χ3v) is 2.69. The summed E-state index contributed by atoms with van der Waals surface area (Å²) in [5.74, 6) is -0.0208. The number of benzene rings is 1. The molecule has 2 N–H and O–H groups in total. The molecule has 0 heterocycles. The van der Waals surface area contributed by atoms with Gasteiger partial charge in [0, 0.05) is 32.7 Å². The highest BCUT2D eigenvalue weighted by molar-refractivity contribution is 5.76. The summed E-state index contributed by atoms with van der Waals surface area (Å²) in [5.41, 5.74) is 2.30. The van der Waals surface area contributed by atoms with Crippen LogP contribution in [0.25, 0.3) is 0 Å². The summed E-state index contributed by atoms with van der Waals surface area (Å²) in [5, 5.41) is 11.7. The van der Waals surface area contributed by atoms with Crippen molar-refractivity contribution in [2.24, 2.45) is 0 Å². The Balaban J connectivity index is 2.37. The van der Waals surface area contributed by atoms with E-state index < -0.39 is 6.10 Å². The molecule has 1 rings (SSSR count). The fourth-order valence-corrected chi connectivity index (χ4v) is 1.57. The van der Waals surface area contributed by atoms with Crippen LogP contribution in [0.3, 0.4) is 0 Å². The number of anilines is 1. The number of nitrogens with one attached hydrogen (secondary N) is 1. The Labute approximate surface area is 109 Å². The number of hydrogen-bond donors (Lipinski definition) is 2. The van der Waals surface area contributed by atoms with Gasteiger partial charge in [-0.1, -0.05) is 12.1 Å². The molecule has 0 unspecified atom stereocenters. The number of nitrogens with zero attached hydrogens (tertiary/aromatic N) is 1. The van der Waals surface area contributed by atoms with Crippen molar-refractivity contribution in [3.63, 3.8) is 0 Å². The summed E-state index contributed by atoms with van der Waals surface area (Å²) in [6.45, 7) is 1.97. The molecule has 0 bridgehead atoms. The average molecular weight is 250 g/mol. The van der Waals surface area contributed by atoms with Gasteiger partial charge in [0.25, 0.3) is 0 Å². The second kappa shape index (κ2) is 7.01. The monoisotopic (exact) mass is 250 g/mol. The van der Waals surface area contributed by atoms with Crippen molar-refractivity contribution >= 4 is 11.6 Å². The Morgan fingerprint density at radius 3 is 2.44 bits per heavy atom. The van der Waals surface area contributed by atoms with Gasteiger partial charge in [-0.3, -0.25) is 4.79 Å². The van der Waals surface area contributed by atoms with Gasteiger partial charge < -0.3 is 15.3 Å². The predicted molar refractivity (Wildman–Crippen MR) is 73.8 cm³/mol. The van der Waals surface area contributed by atoms with Crippen LogP contribution in [0.5, 0.6) is 0 Å². The van der Waals surface area contributed by atoms with Crippen molar-refractivity contribution in [3.8, 4) is 0 Å². The minimum absolute atomic E-state index is 0.0208. The first-order valence-electron chi connectivity index (χ1n) is 6.20. The van der Waals surface area contributed by atoms with Crippen LogP contribution in [0.2, 0.25) is 0 Å². The molecule has 0 aromatic heterocycles. The molecule has 1 aromatic rings. The number of carbonyl (C=O) groups is 1. The molecule has 0 spiro atoms. The minimum Gasteiger partial charge on any atom is -0.392 e. The van der Waals surface area contributed by atoms with Gasteiger partial charge in [-0.05, 0) is 31.0 Å². The Morgan fingerprint density at radius 1 is 1.33 bits per heavy atom. The second-order valence-electron chi connectivity index (χ2n) is 4.71. The highest BCUT2D eigenvalue weighted by Crippen LogP contribution is 2.13. The van der Waals surface area contributed by atoms with Crippen LogP contribution < -0.4 is 10.2 Å². The zero-order valence-electron chi connectivity index (χ0n) is 11.3. The van der Waals surface area contributed by atoms with Crippen molar-refractivity contribution in [1.82, 2.24) is 5.32 Å². The summed E-state index contributed by atoms with van der Waals surface area (Å²) in [6.07, 6.45) is 0.682. The van der Waals surface area contributed by atoms with E-state index in [0.29, 0.717) is 13.0 Å². The van der Waals surface area contributed by atoms with Gasteiger partial charge >= 0.3 is 0 Å². The second-order valence-corrected chi connectivity index (χ2v) is 4.71. The number of aryl methyl sites for hydroxylation is 1. The number of carbonyl (C=O) groups excluding carboxylic acids is 1. The zero-order valence-corrected chi connectivity index (χ0v) is 11.3. The molecule has 4 nitrogen and oxygen atoms in total. The van der Waals surface area contributed by atoms with Gasteiger partial charge in [-0.2, -0.15) is 0 Å². The first-order valence-corrected chi connectivity index (χ1v) is 6.20. The molecule has 4 heteroatoms. The number of rotatable bonds is 6. The third kappa shape index (κ3) is 5.19. The zero-order chi connectivity index (χ0) is 13.5. The van der Waals surface area contributed by atoms with Gasteiger partial charge in [-0.15, -0.1) is 0 Å². The molecule has 18 heavy (non-hydrogen) atoms. The lowest BCUT2D eigenvalue weighted by Gasteiger charge is -2.12. The fourth-order valence-electron chi connectivity index (χ4n) is 1.57. The average Bonchev–Trinajstić information content (AvgIpc) is 2.34. The minimum atomic E-state index is -0.492. The molecule has 0 aliphatic rings. The molecule has 0 saturated heterocycles. The van der Waals surface area contributed by atoms with E-state index >= 15 is 0 Å². The van der Waals surface area contributed by atoms with E-state index in [9.17, 15) is 4.79 Å². The molecule has 100 valence electrons. The van der Waals surface area contributed by atoms with Gasteiger partial charge in [0.2, 0.25) is 5.91 Å². The maximum absolute atomic E-state index is 11.5. The maximum atomic E-state index is 11.5. The molecule has 0 aliphatic carbocycles. The molecule has 1 atom stereocenters. The Bertz CT molecular complexity index is 372. The first kappa shape index (κ1) is 14.5. The third-order valence-electron chi connectivity index (χ3n) is 2.69. The van der Waals surface area contributed by atoms with Gasteiger partial charge in [0.05, 0.1) is 6.10 Å². The van der Waals surface area contributed by atoms with Crippen LogP contribution in [0.1, 0.15) is 18.9 Å². The van der Waals surface area contributed by atoms with E-state index in [2.05, 4.69) is 5.32 Å². The Kier molecular flexibility index (Phi) is 5.65. The lowest BCUT2D eigenvalue weighted by molar-refractivity contribution is -0.121. The first-order chi connectivity index (χ1) is 8.49. The number of amides is 1. The predicted octanol–water partition coefficient (Wildman–Crippen LogP) is 1.18. The smallest absolute Gasteiger partial charge is 0.220 e. The summed E-state index contributed by atoms with van der Waals surface area (Å²) < 4.78 is 0. The standard InChI is InChI=1S/C14H22N2O2/c1-11(17)10-15-14(18)9-6-12-4-7-13(8-5-12)16(2)3/h4-5,7-8,11,17H,6,9-10H2,1-3H3,(H,15,18)/t11-/m0/s1. The lowest BCUT2D eigenvalue weighted by Crippen LogP contribution is -2.30. The molecule has 0 radical (unpaired) electrons. The molecular weight excluding hydrogens is 228 g/mol. The van der Waals surface area contributed by atoms with Crippen molar-refractivity contribution in [1.29, 1.82) is 0 Å². The summed E-state index contributed by atoms with van der Waals surface area (Å²) >= 11 is 0. The maximum Gasteiger partial charge on any atom is 0.220 e. The SMILES string of the molecule is C[C@H](O)CNC(=O)CCc1ccc(N(C)C)cc1. The van der Waals surface area contributed by atoms with E-state index in [-0.39, 0.29) is 5.91 Å². The van der Waals surface area contributed by atoms with Crippen LogP contribution in [0.4, 0.5) is 5.69 Å². The molecule has 0 fully saturated rings. The van der Waals surface area contributed by atoms with Crippen molar-refractivity contribution in [2.75, 3.05) is 25.5 Å². The normalized spacial score (nSPS) is 12.0. The van der Waals surface area contributed by atoms with Gasteiger partial charge in [0.1, 0.15) is 0 Å². The van der Waals surface area contributed by atoms with E-state index in [1.807, 2.05) is 43.3 Å². The molecule has 0 saturated carbocycles. The molecule has 0 aliphatic heterocycles. The summed E-state index contributed by atoms with van der Waals surface area (Å²) in [7, 11) is 4.00. The van der Waals surface area contributed by atoms with Crippen LogP contribution in [0.15, 0.2) is 24.3 Å². The largest absolute Gasteiger partial charge is 0.392 e. The number of aliphatic hydroxyl groups is 1. The Morgan fingerprint density at radius 2 is 1.94 bits per heavy atom. The van der Waals surface area contributed by atoms with Crippen molar-refractivity contribution in [3.05, 3.63) is 29.8 Å². The van der Waals surface area contributed by atoms with Gasteiger partial charge in [0.15, 0.2) is 0 Å². The topological polar surface area (TPSA) is 52.6 Å².